The smallest absolute Gasteiger partial charge is 0.233 e. The Balaban J connectivity index is 1.68. The van der Waals surface area contributed by atoms with E-state index in [1.165, 1.54) is 11.8 Å². The first-order valence-corrected chi connectivity index (χ1v) is 8.05. The van der Waals surface area contributed by atoms with Crippen LogP contribution in [0.3, 0.4) is 0 Å². The summed E-state index contributed by atoms with van der Waals surface area (Å²) in [6.07, 6.45) is 2.09. The summed E-state index contributed by atoms with van der Waals surface area (Å²) < 4.78 is 5.56. The Morgan fingerprint density at radius 1 is 1.60 bits per heavy atom. The standard InChI is InChI=1S/C13H22N4O2S/c1-3-6-19-8-11-4-5-17(7-11)12(18)9-20-13-14-10(2)15-16-13/h11H,3-9H2,1-2H3,(H,14,15,16). The van der Waals surface area contributed by atoms with Gasteiger partial charge in [-0.1, -0.05) is 18.7 Å². The van der Waals surface area contributed by atoms with Gasteiger partial charge >= 0.3 is 0 Å². The summed E-state index contributed by atoms with van der Waals surface area (Å²) in [6, 6.07) is 0. The fourth-order valence-corrected chi connectivity index (χ4v) is 2.94. The number of aryl methyl sites for hydroxylation is 1. The van der Waals surface area contributed by atoms with Gasteiger partial charge in [0.05, 0.1) is 12.4 Å². The Labute approximate surface area is 123 Å². The van der Waals surface area contributed by atoms with Crippen LogP contribution in [0.25, 0.3) is 0 Å². The van der Waals surface area contributed by atoms with E-state index in [2.05, 4.69) is 22.1 Å². The number of aromatic amines is 1. The van der Waals surface area contributed by atoms with Crippen LogP contribution < -0.4 is 0 Å². The molecule has 0 bridgehead atoms. The van der Waals surface area contributed by atoms with E-state index in [-0.39, 0.29) is 5.91 Å². The van der Waals surface area contributed by atoms with E-state index >= 15 is 0 Å². The van der Waals surface area contributed by atoms with Crippen LogP contribution in [0.1, 0.15) is 25.6 Å². The van der Waals surface area contributed by atoms with Gasteiger partial charge in [0.2, 0.25) is 11.1 Å². The lowest BCUT2D eigenvalue weighted by molar-refractivity contribution is -0.127. The predicted molar refractivity (Wildman–Crippen MR) is 77.6 cm³/mol. The molecular formula is C13H22N4O2S. The van der Waals surface area contributed by atoms with E-state index in [0.717, 1.165) is 45.0 Å². The number of rotatable bonds is 7. The quantitative estimate of drug-likeness (QED) is 0.610. The average Bonchev–Trinajstić information content (AvgIpc) is 3.06. The number of thioether (sulfide) groups is 1. The largest absolute Gasteiger partial charge is 0.381 e. The van der Waals surface area contributed by atoms with Gasteiger partial charge in [0.15, 0.2) is 0 Å². The summed E-state index contributed by atoms with van der Waals surface area (Å²) in [6.45, 7) is 7.19. The number of carbonyl (C=O) groups excluding carboxylic acids is 1. The van der Waals surface area contributed by atoms with Crippen molar-refractivity contribution in [2.45, 2.75) is 31.8 Å². The summed E-state index contributed by atoms with van der Waals surface area (Å²) >= 11 is 1.38. The van der Waals surface area contributed by atoms with Crippen LogP contribution in [-0.4, -0.2) is 58.0 Å². The summed E-state index contributed by atoms with van der Waals surface area (Å²) in [4.78, 5) is 18.2. The van der Waals surface area contributed by atoms with Gasteiger partial charge < -0.3 is 9.64 Å². The Morgan fingerprint density at radius 3 is 3.15 bits per heavy atom. The number of hydrogen-bond acceptors (Lipinski definition) is 5. The number of nitrogens with one attached hydrogen (secondary N) is 1. The van der Waals surface area contributed by atoms with Crippen LogP contribution in [0, 0.1) is 12.8 Å². The van der Waals surface area contributed by atoms with Crippen LogP contribution >= 0.6 is 11.8 Å². The molecule has 1 atom stereocenters. The molecule has 1 fully saturated rings. The lowest BCUT2D eigenvalue weighted by atomic mass is 10.1. The SMILES string of the molecule is CCCOCC1CCN(C(=O)CSc2n[nH]c(C)n2)C1. The number of carbonyl (C=O) groups is 1. The van der Waals surface area contributed by atoms with Gasteiger partial charge in [0.25, 0.3) is 0 Å². The first kappa shape index (κ1) is 15.3. The van der Waals surface area contributed by atoms with E-state index < -0.39 is 0 Å². The number of aromatic nitrogens is 3. The zero-order valence-electron chi connectivity index (χ0n) is 12.1. The van der Waals surface area contributed by atoms with Gasteiger partial charge in [-0.25, -0.2) is 4.98 Å². The van der Waals surface area contributed by atoms with Crippen molar-refractivity contribution in [2.75, 3.05) is 32.1 Å². The highest BCUT2D eigenvalue weighted by atomic mass is 32.2. The van der Waals surface area contributed by atoms with Gasteiger partial charge in [0.1, 0.15) is 5.82 Å². The molecule has 20 heavy (non-hydrogen) atoms. The third kappa shape index (κ3) is 4.49. The number of nitrogens with zero attached hydrogens (tertiary/aromatic N) is 3. The van der Waals surface area contributed by atoms with Crippen LogP contribution in [0.5, 0.6) is 0 Å². The fraction of sp³-hybridized carbons (Fsp3) is 0.769. The van der Waals surface area contributed by atoms with Gasteiger partial charge in [-0.3, -0.25) is 9.89 Å². The molecular weight excluding hydrogens is 276 g/mol. The molecule has 0 saturated carbocycles. The average molecular weight is 298 g/mol. The van der Waals surface area contributed by atoms with Crippen molar-refractivity contribution < 1.29 is 9.53 Å². The van der Waals surface area contributed by atoms with Crippen molar-refractivity contribution in [2.24, 2.45) is 5.92 Å². The van der Waals surface area contributed by atoms with E-state index in [1.807, 2.05) is 11.8 Å². The second-order valence-electron chi connectivity index (χ2n) is 5.06. The van der Waals surface area contributed by atoms with Crippen molar-refractivity contribution >= 4 is 17.7 Å². The lowest BCUT2D eigenvalue weighted by Gasteiger charge is -2.16. The fourth-order valence-electron chi connectivity index (χ4n) is 2.19. The molecule has 2 rings (SSSR count). The predicted octanol–water partition coefficient (Wildman–Crippen LogP) is 1.48. The molecule has 0 aromatic carbocycles. The molecule has 1 aliphatic heterocycles. The first-order valence-electron chi connectivity index (χ1n) is 7.06. The minimum absolute atomic E-state index is 0.162. The van der Waals surface area contributed by atoms with Crippen LogP contribution in [-0.2, 0) is 9.53 Å². The molecule has 1 N–H and O–H groups in total. The Bertz CT molecular complexity index is 438. The highest BCUT2D eigenvalue weighted by Crippen LogP contribution is 2.19. The first-order chi connectivity index (χ1) is 9.69. The molecule has 1 aromatic rings. The molecule has 0 spiro atoms. The monoisotopic (exact) mass is 298 g/mol. The van der Waals surface area contributed by atoms with Crippen molar-refractivity contribution in [1.29, 1.82) is 0 Å². The van der Waals surface area contributed by atoms with Crippen molar-refractivity contribution in [1.82, 2.24) is 20.1 Å². The second-order valence-corrected chi connectivity index (χ2v) is 6.00. The Morgan fingerprint density at radius 2 is 2.45 bits per heavy atom. The summed E-state index contributed by atoms with van der Waals surface area (Å²) in [5.41, 5.74) is 0. The third-order valence-electron chi connectivity index (χ3n) is 3.24. The lowest BCUT2D eigenvalue weighted by Crippen LogP contribution is -2.30. The third-order valence-corrected chi connectivity index (χ3v) is 4.07. The van der Waals surface area contributed by atoms with E-state index in [9.17, 15) is 4.79 Å². The zero-order valence-corrected chi connectivity index (χ0v) is 12.9. The highest BCUT2D eigenvalue weighted by Gasteiger charge is 2.26. The number of ether oxygens (including phenoxy) is 1. The molecule has 0 aliphatic carbocycles. The van der Waals surface area contributed by atoms with Crippen LogP contribution in [0.4, 0.5) is 0 Å². The molecule has 1 aliphatic rings. The maximum atomic E-state index is 12.1. The number of hydrogen-bond donors (Lipinski definition) is 1. The van der Waals surface area contributed by atoms with E-state index in [1.54, 1.807) is 0 Å². The molecule has 1 amide bonds. The number of amides is 1. The van der Waals surface area contributed by atoms with Gasteiger partial charge in [-0.2, -0.15) is 0 Å². The molecule has 112 valence electrons. The van der Waals surface area contributed by atoms with Gasteiger partial charge in [0, 0.05) is 25.6 Å². The molecule has 7 heteroatoms. The minimum Gasteiger partial charge on any atom is -0.381 e. The Kier molecular flexibility index (Phi) is 5.85. The topological polar surface area (TPSA) is 71.1 Å². The molecule has 0 radical (unpaired) electrons. The maximum Gasteiger partial charge on any atom is 0.233 e. The second kappa shape index (κ2) is 7.64. The van der Waals surface area contributed by atoms with E-state index in [4.69, 9.17) is 4.74 Å². The van der Waals surface area contributed by atoms with E-state index in [0.29, 0.717) is 16.8 Å². The molecule has 6 nitrogen and oxygen atoms in total. The maximum absolute atomic E-state index is 12.1. The van der Waals surface area contributed by atoms with Crippen LogP contribution in [0.15, 0.2) is 5.16 Å². The summed E-state index contributed by atoms with van der Waals surface area (Å²) in [5, 5.41) is 7.43. The Hall–Kier alpha value is -1.08. The number of likely N-dealkylation sites (tertiary alicyclic amines) is 1. The van der Waals surface area contributed by atoms with Crippen molar-refractivity contribution in [3.8, 4) is 0 Å². The van der Waals surface area contributed by atoms with Crippen LogP contribution in [0.2, 0.25) is 0 Å². The normalized spacial score (nSPS) is 18.7. The van der Waals surface area contributed by atoms with Crippen molar-refractivity contribution in [3.05, 3.63) is 5.82 Å². The molecule has 1 saturated heterocycles. The highest BCUT2D eigenvalue weighted by molar-refractivity contribution is 7.99. The summed E-state index contributed by atoms with van der Waals surface area (Å²) in [7, 11) is 0. The zero-order chi connectivity index (χ0) is 14.4. The molecule has 1 aromatic heterocycles. The molecule has 1 unspecified atom stereocenters. The molecule has 2 heterocycles. The van der Waals surface area contributed by atoms with Gasteiger partial charge in [-0.15, -0.1) is 5.10 Å². The van der Waals surface area contributed by atoms with Crippen molar-refractivity contribution in [3.63, 3.8) is 0 Å². The number of H-pyrrole nitrogens is 1. The van der Waals surface area contributed by atoms with Gasteiger partial charge in [-0.05, 0) is 19.8 Å². The minimum atomic E-state index is 0.162. The summed E-state index contributed by atoms with van der Waals surface area (Å²) in [5.74, 6) is 1.82.